The van der Waals surface area contributed by atoms with Crippen molar-refractivity contribution in [3.63, 3.8) is 0 Å². The van der Waals surface area contributed by atoms with Gasteiger partial charge in [-0.25, -0.2) is 0 Å². The summed E-state index contributed by atoms with van der Waals surface area (Å²) in [4.78, 5) is 23.9. The van der Waals surface area contributed by atoms with Crippen molar-refractivity contribution in [1.82, 2.24) is 0 Å². The van der Waals surface area contributed by atoms with E-state index in [0.29, 0.717) is 0 Å². The summed E-state index contributed by atoms with van der Waals surface area (Å²) in [6.07, 6.45) is 18.7. The Bertz CT molecular complexity index is 517. The van der Waals surface area contributed by atoms with Crippen molar-refractivity contribution in [1.29, 1.82) is 0 Å². The van der Waals surface area contributed by atoms with Gasteiger partial charge < -0.3 is 16.2 Å². The molecule has 1 atom stereocenters. The molecular weight excluding hydrogens is 424 g/mol. The van der Waals surface area contributed by atoms with Crippen molar-refractivity contribution < 1.29 is 14.3 Å². The van der Waals surface area contributed by atoms with Gasteiger partial charge in [0, 0.05) is 5.41 Å². The predicted octanol–water partition coefficient (Wildman–Crippen LogP) is 7.43. The Kier molecular flexibility index (Phi) is 17.6. The molecule has 4 N–H and O–H groups in total. The van der Waals surface area contributed by atoms with E-state index < -0.39 is 17.9 Å². The number of carbonyl (C=O) groups excluding carboxylic acids is 2. The Balaban J connectivity index is 5.80. The number of rotatable bonds is 23. The fourth-order valence-corrected chi connectivity index (χ4v) is 5.68. The topological polar surface area (TPSA) is 95.4 Å². The van der Waals surface area contributed by atoms with Crippen molar-refractivity contribution in [2.45, 2.75) is 163 Å². The number of hydrogen-bond donors (Lipinski definition) is 2. The first-order chi connectivity index (χ1) is 16.1. The summed E-state index contributed by atoms with van der Waals surface area (Å²) >= 11 is 0. The van der Waals surface area contributed by atoms with Crippen LogP contribution in [0.3, 0.4) is 0 Å². The van der Waals surface area contributed by atoms with E-state index in [2.05, 4.69) is 34.6 Å². The van der Waals surface area contributed by atoms with Gasteiger partial charge in [-0.15, -0.1) is 0 Å². The van der Waals surface area contributed by atoms with Crippen molar-refractivity contribution in [3.8, 4) is 0 Å². The van der Waals surface area contributed by atoms with Gasteiger partial charge in [0.2, 0.25) is 6.10 Å². The highest BCUT2D eigenvalue weighted by Gasteiger charge is 2.49. The summed E-state index contributed by atoms with van der Waals surface area (Å²) in [6.45, 7) is 13.5. The van der Waals surface area contributed by atoms with Crippen LogP contribution in [0.2, 0.25) is 0 Å². The number of ether oxygens (including phenoxy) is 1. The number of hydrogen-bond acceptors (Lipinski definition) is 3. The van der Waals surface area contributed by atoms with Crippen LogP contribution in [0.15, 0.2) is 0 Å². The minimum absolute atomic E-state index is 0.00903. The molecular formula is C29H58N2O3. The summed E-state index contributed by atoms with van der Waals surface area (Å²) in [7, 11) is 0. The molecule has 0 heterocycles. The van der Waals surface area contributed by atoms with Gasteiger partial charge in [0.15, 0.2) is 0 Å². The van der Waals surface area contributed by atoms with Gasteiger partial charge in [0.1, 0.15) is 0 Å². The zero-order valence-electron chi connectivity index (χ0n) is 23.6. The molecule has 5 heteroatoms. The van der Waals surface area contributed by atoms with Crippen LogP contribution >= 0.6 is 0 Å². The lowest BCUT2D eigenvalue weighted by Crippen LogP contribution is -2.52. The molecule has 2 amide bonds. The Morgan fingerprint density at radius 1 is 0.647 bits per heavy atom. The lowest BCUT2D eigenvalue weighted by atomic mass is 9.56. The highest BCUT2D eigenvalue weighted by molar-refractivity contribution is 6.01. The third-order valence-corrected chi connectivity index (χ3v) is 8.09. The molecule has 0 aliphatic carbocycles. The molecule has 0 fully saturated rings. The Hall–Kier alpha value is -1.10. The molecule has 0 radical (unpaired) electrons. The first kappa shape index (κ1) is 32.9. The third kappa shape index (κ3) is 11.6. The lowest BCUT2D eigenvalue weighted by Gasteiger charge is -2.52. The number of unbranched alkanes of at least 4 members (excludes halogenated alkanes) is 11. The maximum Gasteiger partial charge on any atom is 0.256 e. The molecule has 34 heavy (non-hydrogen) atoms. The molecule has 0 aromatic heterocycles. The molecule has 0 aromatic rings. The van der Waals surface area contributed by atoms with Crippen molar-refractivity contribution in [2.24, 2.45) is 22.3 Å². The molecule has 0 aromatic carbocycles. The molecule has 0 saturated heterocycles. The van der Waals surface area contributed by atoms with E-state index in [9.17, 15) is 9.59 Å². The highest BCUT2D eigenvalue weighted by atomic mass is 16.5. The van der Waals surface area contributed by atoms with Gasteiger partial charge in [-0.05, 0) is 31.6 Å². The number of nitrogens with two attached hydrogens (primary N) is 2. The Morgan fingerprint density at radius 3 is 1.41 bits per heavy atom. The quantitative estimate of drug-likeness (QED) is 0.117. The number of carbonyl (C=O) groups is 2. The van der Waals surface area contributed by atoms with E-state index in [1.807, 2.05) is 6.92 Å². The Morgan fingerprint density at radius 2 is 1.03 bits per heavy atom. The van der Waals surface area contributed by atoms with Crippen LogP contribution in [0.4, 0.5) is 0 Å². The van der Waals surface area contributed by atoms with Crippen molar-refractivity contribution >= 4 is 11.8 Å². The van der Waals surface area contributed by atoms with E-state index in [4.69, 9.17) is 16.2 Å². The summed E-state index contributed by atoms with van der Waals surface area (Å²) in [6, 6.07) is 0. The van der Waals surface area contributed by atoms with Crippen LogP contribution in [0.1, 0.15) is 151 Å². The van der Waals surface area contributed by atoms with Crippen LogP contribution in [0, 0.1) is 10.8 Å². The monoisotopic (exact) mass is 482 g/mol. The minimum Gasteiger partial charge on any atom is -0.367 e. The first-order valence-corrected chi connectivity index (χ1v) is 14.3. The van der Waals surface area contributed by atoms with Crippen LogP contribution in [-0.4, -0.2) is 24.0 Å². The van der Waals surface area contributed by atoms with E-state index in [-0.39, 0.29) is 16.9 Å². The summed E-state index contributed by atoms with van der Waals surface area (Å²) in [5.74, 6) is -1.59. The zero-order valence-corrected chi connectivity index (χ0v) is 23.6. The average molecular weight is 483 g/mol. The van der Waals surface area contributed by atoms with E-state index >= 15 is 0 Å². The van der Waals surface area contributed by atoms with Gasteiger partial charge in [0.25, 0.3) is 11.8 Å². The molecule has 0 saturated carbocycles. The molecule has 5 nitrogen and oxygen atoms in total. The van der Waals surface area contributed by atoms with Crippen LogP contribution in [-0.2, 0) is 14.3 Å². The molecule has 0 aliphatic heterocycles. The van der Waals surface area contributed by atoms with Crippen molar-refractivity contribution in [2.75, 3.05) is 0 Å². The molecule has 1 unspecified atom stereocenters. The van der Waals surface area contributed by atoms with Gasteiger partial charge in [0.05, 0.1) is 6.10 Å². The lowest BCUT2D eigenvalue weighted by molar-refractivity contribution is -0.163. The summed E-state index contributed by atoms with van der Waals surface area (Å²) in [5, 5.41) is 0. The third-order valence-electron chi connectivity index (χ3n) is 8.09. The first-order valence-electron chi connectivity index (χ1n) is 14.3. The molecule has 202 valence electrons. The zero-order chi connectivity index (χ0) is 26.0. The van der Waals surface area contributed by atoms with Gasteiger partial charge in [-0.3, -0.25) is 9.59 Å². The van der Waals surface area contributed by atoms with Gasteiger partial charge in [-0.2, -0.15) is 0 Å². The SMILES string of the molecule is CCCCCCCCC(CCCCCCCC)(C(C)OC(C(N)=O)C(N)=O)C(C)(C)CCCC. The average Bonchev–Trinajstić information content (AvgIpc) is 2.78. The van der Waals surface area contributed by atoms with E-state index in [0.717, 1.165) is 44.9 Å². The van der Waals surface area contributed by atoms with Crippen LogP contribution < -0.4 is 11.5 Å². The minimum atomic E-state index is -1.37. The second-order valence-corrected chi connectivity index (χ2v) is 11.1. The molecule has 0 spiro atoms. The predicted molar refractivity (Wildman–Crippen MR) is 144 cm³/mol. The summed E-state index contributed by atoms with van der Waals surface area (Å²) in [5.41, 5.74) is 10.9. The summed E-state index contributed by atoms with van der Waals surface area (Å²) < 4.78 is 6.15. The van der Waals surface area contributed by atoms with E-state index in [1.54, 1.807) is 0 Å². The molecule has 0 bridgehead atoms. The second-order valence-electron chi connectivity index (χ2n) is 11.1. The normalized spacial score (nSPS) is 13.4. The molecule has 0 rings (SSSR count). The Labute approximate surface area is 211 Å². The molecule has 0 aliphatic rings. The van der Waals surface area contributed by atoms with Crippen LogP contribution in [0.25, 0.3) is 0 Å². The van der Waals surface area contributed by atoms with Crippen LogP contribution in [0.5, 0.6) is 0 Å². The largest absolute Gasteiger partial charge is 0.367 e. The number of amides is 2. The van der Waals surface area contributed by atoms with Crippen molar-refractivity contribution in [3.05, 3.63) is 0 Å². The number of primary amides is 2. The fraction of sp³-hybridized carbons (Fsp3) is 0.931. The maximum atomic E-state index is 11.9. The second kappa shape index (κ2) is 18.2. The van der Waals surface area contributed by atoms with Gasteiger partial charge >= 0.3 is 0 Å². The maximum absolute atomic E-state index is 11.9. The highest BCUT2D eigenvalue weighted by Crippen LogP contribution is 2.53. The fourth-order valence-electron chi connectivity index (χ4n) is 5.68. The standard InChI is InChI=1S/C29H58N2O3/c1-7-10-13-15-17-19-22-29(28(5,6)21-12-9-3,23-20-18-16-14-11-8-2)24(4)34-25(26(30)32)27(31)33/h24-25H,7-23H2,1-6H3,(H2,30,32)(H2,31,33). The van der Waals surface area contributed by atoms with Gasteiger partial charge in [-0.1, -0.05) is 125 Å². The smallest absolute Gasteiger partial charge is 0.256 e. The van der Waals surface area contributed by atoms with E-state index in [1.165, 1.54) is 64.2 Å².